The van der Waals surface area contributed by atoms with Crippen molar-refractivity contribution in [2.24, 2.45) is 5.73 Å². The summed E-state index contributed by atoms with van der Waals surface area (Å²) < 4.78 is 0. The molecule has 0 aromatic rings. The van der Waals surface area contributed by atoms with Crippen LogP contribution >= 0.6 is 11.8 Å². The lowest BCUT2D eigenvalue weighted by Gasteiger charge is -2.32. The smallest absolute Gasteiger partial charge is 0.0197 e. The van der Waals surface area contributed by atoms with E-state index in [1.54, 1.807) is 0 Å². The van der Waals surface area contributed by atoms with Gasteiger partial charge >= 0.3 is 0 Å². The van der Waals surface area contributed by atoms with E-state index in [1.165, 1.54) is 17.9 Å². The highest BCUT2D eigenvalue weighted by Crippen LogP contribution is 2.23. The van der Waals surface area contributed by atoms with E-state index in [0.717, 1.165) is 19.1 Å². The first kappa shape index (κ1) is 10.4. The molecule has 0 radical (unpaired) electrons. The fourth-order valence-electron chi connectivity index (χ4n) is 1.85. The maximum Gasteiger partial charge on any atom is 0.0197 e. The van der Waals surface area contributed by atoms with Crippen LogP contribution in [-0.2, 0) is 0 Å². The standard InChI is InChI=1S/C9H20N2S/c1-3-11(8(2)6-10)9-4-5-12-7-9/h8-9H,3-7,10H2,1-2H3. The highest BCUT2D eigenvalue weighted by atomic mass is 32.2. The molecule has 72 valence electrons. The molecule has 0 spiro atoms. The Bertz CT molecular complexity index is 124. The van der Waals surface area contributed by atoms with E-state index in [0.29, 0.717) is 6.04 Å². The molecule has 1 rings (SSSR count). The highest BCUT2D eigenvalue weighted by molar-refractivity contribution is 7.99. The Morgan fingerprint density at radius 2 is 2.42 bits per heavy atom. The fraction of sp³-hybridized carbons (Fsp3) is 1.00. The van der Waals surface area contributed by atoms with Crippen LogP contribution < -0.4 is 5.73 Å². The topological polar surface area (TPSA) is 29.3 Å². The first-order valence-electron chi connectivity index (χ1n) is 4.83. The average molecular weight is 188 g/mol. The molecule has 0 aliphatic carbocycles. The Kier molecular flexibility index (Phi) is 4.40. The van der Waals surface area contributed by atoms with Crippen molar-refractivity contribution in [3.63, 3.8) is 0 Å². The first-order valence-corrected chi connectivity index (χ1v) is 5.98. The zero-order valence-electron chi connectivity index (χ0n) is 8.12. The summed E-state index contributed by atoms with van der Waals surface area (Å²) in [7, 11) is 0. The van der Waals surface area contributed by atoms with Crippen LogP contribution in [0.15, 0.2) is 0 Å². The van der Waals surface area contributed by atoms with Crippen LogP contribution in [0.3, 0.4) is 0 Å². The Hall–Kier alpha value is 0.270. The Morgan fingerprint density at radius 1 is 1.67 bits per heavy atom. The van der Waals surface area contributed by atoms with Gasteiger partial charge in [0.25, 0.3) is 0 Å². The number of hydrogen-bond donors (Lipinski definition) is 1. The largest absolute Gasteiger partial charge is 0.329 e. The van der Waals surface area contributed by atoms with E-state index in [-0.39, 0.29) is 0 Å². The number of likely N-dealkylation sites (N-methyl/N-ethyl adjacent to an activating group) is 1. The molecule has 1 aliphatic heterocycles. The quantitative estimate of drug-likeness (QED) is 0.718. The second-order valence-corrected chi connectivity index (χ2v) is 4.58. The molecule has 3 heteroatoms. The molecule has 0 aromatic carbocycles. The van der Waals surface area contributed by atoms with Crippen molar-refractivity contribution in [3.8, 4) is 0 Å². The minimum Gasteiger partial charge on any atom is -0.329 e. The summed E-state index contributed by atoms with van der Waals surface area (Å²) in [6, 6.07) is 1.34. The molecule has 2 unspecified atom stereocenters. The monoisotopic (exact) mass is 188 g/mol. The van der Waals surface area contributed by atoms with Gasteiger partial charge in [0, 0.05) is 24.4 Å². The Balaban J connectivity index is 2.42. The predicted octanol–water partition coefficient (Wildman–Crippen LogP) is 1.16. The third-order valence-electron chi connectivity index (χ3n) is 2.65. The zero-order chi connectivity index (χ0) is 8.97. The molecule has 1 heterocycles. The molecule has 2 N–H and O–H groups in total. The number of rotatable bonds is 4. The third kappa shape index (κ3) is 2.38. The molecule has 0 amide bonds. The molecule has 0 aromatic heterocycles. The molecule has 1 fully saturated rings. The van der Waals surface area contributed by atoms with Crippen LogP contribution in [0.1, 0.15) is 20.3 Å². The number of nitrogens with zero attached hydrogens (tertiary/aromatic N) is 1. The summed E-state index contributed by atoms with van der Waals surface area (Å²) in [6.07, 6.45) is 1.35. The van der Waals surface area contributed by atoms with Gasteiger partial charge in [0.15, 0.2) is 0 Å². The molecule has 0 bridgehead atoms. The molecular weight excluding hydrogens is 168 g/mol. The highest BCUT2D eigenvalue weighted by Gasteiger charge is 2.24. The first-order chi connectivity index (χ1) is 5.79. The SMILES string of the molecule is CCN(C(C)CN)C1CCSC1. The van der Waals surface area contributed by atoms with Crippen molar-refractivity contribution >= 4 is 11.8 Å². The normalized spacial score (nSPS) is 26.5. The van der Waals surface area contributed by atoms with Gasteiger partial charge in [-0.15, -0.1) is 0 Å². The second kappa shape index (κ2) is 5.10. The third-order valence-corrected chi connectivity index (χ3v) is 3.79. The van der Waals surface area contributed by atoms with Crippen LogP contribution in [0.5, 0.6) is 0 Å². The molecule has 12 heavy (non-hydrogen) atoms. The van der Waals surface area contributed by atoms with Gasteiger partial charge < -0.3 is 5.73 Å². The number of thioether (sulfide) groups is 1. The van der Waals surface area contributed by atoms with Crippen LogP contribution in [0.25, 0.3) is 0 Å². The Morgan fingerprint density at radius 3 is 2.83 bits per heavy atom. The second-order valence-electron chi connectivity index (χ2n) is 3.43. The van der Waals surface area contributed by atoms with Crippen molar-refractivity contribution in [2.75, 3.05) is 24.6 Å². The average Bonchev–Trinajstić information content (AvgIpc) is 2.58. The van der Waals surface area contributed by atoms with E-state index < -0.39 is 0 Å². The van der Waals surface area contributed by atoms with Crippen molar-refractivity contribution in [1.29, 1.82) is 0 Å². The Labute approximate surface area is 79.9 Å². The maximum atomic E-state index is 5.67. The van der Waals surface area contributed by atoms with E-state index in [2.05, 4.69) is 30.5 Å². The number of hydrogen-bond acceptors (Lipinski definition) is 3. The fourth-order valence-corrected chi connectivity index (χ4v) is 3.08. The maximum absolute atomic E-state index is 5.67. The summed E-state index contributed by atoms with van der Waals surface area (Å²) in [5.74, 6) is 2.64. The van der Waals surface area contributed by atoms with Crippen molar-refractivity contribution in [3.05, 3.63) is 0 Å². The lowest BCUT2D eigenvalue weighted by molar-refractivity contribution is 0.170. The molecule has 1 aliphatic rings. The minimum atomic E-state index is 0.554. The van der Waals surface area contributed by atoms with Crippen LogP contribution in [0, 0.1) is 0 Å². The van der Waals surface area contributed by atoms with Gasteiger partial charge in [0.2, 0.25) is 0 Å². The minimum absolute atomic E-state index is 0.554. The summed E-state index contributed by atoms with van der Waals surface area (Å²) in [5, 5.41) is 0. The lowest BCUT2D eigenvalue weighted by Crippen LogP contribution is -2.45. The van der Waals surface area contributed by atoms with Gasteiger partial charge in [-0.05, 0) is 25.6 Å². The summed E-state index contributed by atoms with van der Waals surface area (Å²) in [6.45, 7) is 6.39. The molecule has 2 atom stereocenters. The van der Waals surface area contributed by atoms with Gasteiger partial charge in [-0.1, -0.05) is 6.92 Å². The van der Waals surface area contributed by atoms with E-state index in [4.69, 9.17) is 5.73 Å². The summed E-state index contributed by atoms with van der Waals surface area (Å²) in [4.78, 5) is 2.54. The van der Waals surface area contributed by atoms with Gasteiger partial charge in [-0.25, -0.2) is 0 Å². The van der Waals surface area contributed by atoms with E-state index in [1.807, 2.05) is 0 Å². The molecular formula is C9H20N2S. The molecule has 1 saturated heterocycles. The van der Waals surface area contributed by atoms with E-state index >= 15 is 0 Å². The van der Waals surface area contributed by atoms with Crippen molar-refractivity contribution < 1.29 is 0 Å². The molecule has 0 saturated carbocycles. The van der Waals surface area contributed by atoms with Gasteiger partial charge in [-0.3, -0.25) is 4.90 Å². The summed E-state index contributed by atoms with van der Waals surface area (Å²) >= 11 is 2.07. The van der Waals surface area contributed by atoms with Crippen LogP contribution in [0.4, 0.5) is 0 Å². The van der Waals surface area contributed by atoms with Crippen molar-refractivity contribution in [2.45, 2.75) is 32.4 Å². The van der Waals surface area contributed by atoms with Crippen LogP contribution in [0.2, 0.25) is 0 Å². The lowest BCUT2D eigenvalue weighted by atomic mass is 10.1. The van der Waals surface area contributed by atoms with E-state index in [9.17, 15) is 0 Å². The van der Waals surface area contributed by atoms with Gasteiger partial charge in [-0.2, -0.15) is 11.8 Å². The summed E-state index contributed by atoms with van der Waals surface area (Å²) in [5.41, 5.74) is 5.67. The number of nitrogens with two attached hydrogens (primary N) is 1. The zero-order valence-corrected chi connectivity index (χ0v) is 8.94. The molecule has 2 nitrogen and oxygen atoms in total. The van der Waals surface area contributed by atoms with Crippen LogP contribution in [-0.4, -0.2) is 41.6 Å². The van der Waals surface area contributed by atoms with Gasteiger partial charge in [0.05, 0.1) is 0 Å². The van der Waals surface area contributed by atoms with Gasteiger partial charge in [0.1, 0.15) is 0 Å². The predicted molar refractivity (Wildman–Crippen MR) is 56.6 cm³/mol. The van der Waals surface area contributed by atoms with Crippen molar-refractivity contribution in [1.82, 2.24) is 4.90 Å².